The Morgan fingerprint density at radius 3 is 2.60 bits per heavy atom. The summed E-state index contributed by atoms with van der Waals surface area (Å²) in [5, 5.41) is 22.6. The highest BCUT2D eigenvalue weighted by Gasteiger charge is 2.61. The molecule has 5 atom stereocenters. The number of carboxylic acid groups (broad SMARTS) is 1. The van der Waals surface area contributed by atoms with Crippen LogP contribution in [0.2, 0.25) is 0 Å². The van der Waals surface area contributed by atoms with Gasteiger partial charge in [0.15, 0.2) is 5.13 Å². The van der Waals surface area contributed by atoms with E-state index in [0.717, 1.165) is 50.1 Å². The van der Waals surface area contributed by atoms with Crippen molar-refractivity contribution in [2.75, 3.05) is 19.0 Å². The molecule has 3 fully saturated rings. The van der Waals surface area contributed by atoms with Gasteiger partial charge in [0.05, 0.1) is 24.9 Å². The number of fused-ring (bicyclic) bond motifs is 3. The van der Waals surface area contributed by atoms with Gasteiger partial charge in [0.2, 0.25) is 11.8 Å². The Balaban J connectivity index is 1.20. The average Bonchev–Trinajstić information content (AvgIpc) is 3.58. The van der Waals surface area contributed by atoms with Crippen LogP contribution in [0.5, 0.6) is 11.5 Å². The second kappa shape index (κ2) is 16.4. The van der Waals surface area contributed by atoms with Gasteiger partial charge in [-0.1, -0.05) is 25.0 Å². The van der Waals surface area contributed by atoms with Gasteiger partial charge in [-0.2, -0.15) is 0 Å². The zero-order chi connectivity index (χ0) is 38.7. The first-order valence-electron chi connectivity index (χ1n) is 19.4. The molecule has 2 saturated carbocycles. The number of aromatic nitrogens is 2. The number of amides is 3. The number of thiazole rings is 1. The molecule has 0 bridgehead atoms. The minimum absolute atomic E-state index is 0.0324. The van der Waals surface area contributed by atoms with Crippen LogP contribution in [-0.2, 0) is 19.1 Å². The summed E-state index contributed by atoms with van der Waals surface area (Å²) in [6, 6.07) is 5.50. The molecule has 14 nitrogen and oxygen atoms in total. The van der Waals surface area contributed by atoms with Crippen LogP contribution in [-0.4, -0.2) is 93.4 Å². The number of carbonyl (C=O) groups is 4. The number of alkyl carbamates (subject to hydrolysis) is 1. The zero-order valence-corrected chi connectivity index (χ0v) is 32.4. The molecule has 4 heterocycles. The molecule has 0 spiro atoms. The van der Waals surface area contributed by atoms with E-state index in [1.54, 1.807) is 7.11 Å². The highest BCUT2D eigenvalue weighted by Crippen LogP contribution is 2.45. The largest absolute Gasteiger partial charge is 0.497 e. The van der Waals surface area contributed by atoms with Gasteiger partial charge in [-0.25, -0.2) is 19.6 Å². The molecule has 0 radical (unpaired) electrons. The highest BCUT2D eigenvalue weighted by molar-refractivity contribution is 7.14. The van der Waals surface area contributed by atoms with Crippen molar-refractivity contribution in [3.05, 3.63) is 41.8 Å². The second-order valence-corrected chi connectivity index (χ2v) is 16.2. The molecule has 7 rings (SSSR count). The van der Waals surface area contributed by atoms with Crippen LogP contribution < -0.4 is 25.4 Å². The smallest absolute Gasteiger partial charge is 0.408 e. The number of nitrogens with zero attached hydrogens (tertiary/aromatic N) is 3. The van der Waals surface area contributed by atoms with E-state index in [-0.39, 0.29) is 37.5 Å². The molecule has 55 heavy (non-hydrogen) atoms. The van der Waals surface area contributed by atoms with Gasteiger partial charge in [0, 0.05) is 41.3 Å². The third-order valence-corrected chi connectivity index (χ3v) is 11.7. The molecule has 2 aliphatic carbocycles. The van der Waals surface area contributed by atoms with E-state index in [1.165, 1.54) is 16.2 Å². The molecule has 3 aromatic rings. The number of hydrogen-bond donors (Lipinski definition) is 4. The van der Waals surface area contributed by atoms with Gasteiger partial charge in [-0.3, -0.25) is 9.59 Å². The molecular formula is C40H50N6O8S. The molecule has 2 unspecified atom stereocenters. The van der Waals surface area contributed by atoms with Crippen LogP contribution in [0, 0.1) is 5.92 Å². The lowest BCUT2D eigenvalue weighted by Crippen LogP contribution is -2.56. The quantitative estimate of drug-likeness (QED) is 0.186. The number of rotatable bonds is 9. The van der Waals surface area contributed by atoms with Crippen molar-refractivity contribution in [2.24, 2.45) is 5.92 Å². The first kappa shape index (κ1) is 38.4. The molecule has 2 aromatic heterocycles. The number of carbonyl (C=O) groups excluding carboxylic acids is 3. The number of benzene rings is 1. The van der Waals surface area contributed by atoms with E-state index < -0.39 is 47.6 Å². The van der Waals surface area contributed by atoms with Crippen molar-refractivity contribution in [1.29, 1.82) is 0 Å². The lowest BCUT2D eigenvalue weighted by molar-refractivity contribution is -0.145. The summed E-state index contributed by atoms with van der Waals surface area (Å²) in [6.07, 6.45) is 9.71. The topological polar surface area (TPSA) is 181 Å². The van der Waals surface area contributed by atoms with Crippen molar-refractivity contribution in [3.8, 4) is 22.9 Å². The summed E-state index contributed by atoms with van der Waals surface area (Å²) in [4.78, 5) is 65.5. The normalized spacial score (nSPS) is 26.7. The number of ether oxygens (including phenoxy) is 3. The van der Waals surface area contributed by atoms with Gasteiger partial charge < -0.3 is 40.2 Å². The Morgan fingerprint density at radius 1 is 1.04 bits per heavy atom. The Bertz CT molecular complexity index is 1940. The summed E-state index contributed by atoms with van der Waals surface area (Å²) >= 11 is 1.47. The lowest BCUT2D eigenvalue weighted by Gasteiger charge is -2.29. The van der Waals surface area contributed by atoms with Gasteiger partial charge in [-0.05, 0) is 77.3 Å². The standard InChI is InChI=1S/C40H50N6O8S/c1-23(2)41-38-43-32(22-55-38)31-19-34(28-16-15-26(52-3)17-30(28)42-31)53-27-18-33-35(47)45-40(37(49)50)20-24(40)11-7-5-4-6-8-14-29(36(48)46(33)21-27)44-39(51)54-25-12-9-10-13-25/h7,11,15-17,19,22-25,27,29,33H,4-6,8-10,12-14,18,20-21H2,1-3H3,(H,41,43)(H,44,51)(H,45,47)(H,49,50)/b11-7-/t24?,27-,29-,33+,40?/m1/s1. The number of pyridine rings is 1. The van der Waals surface area contributed by atoms with E-state index >= 15 is 0 Å². The molecule has 4 aliphatic rings. The number of nitrogens with one attached hydrogen (secondary N) is 3. The van der Waals surface area contributed by atoms with Crippen molar-refractivity contribution >= 4 is 51.2 Å². The van der Waals surface area contributed by atoms with E-state index in [1.807, 2.05) is 55.6 Å². The monoisotopic (exact) mass is 774 g/mol. The van der Waals surface area contributed by atoms with Crippen LogP contribution in [0.25, 0.3) is 22.3 Å². The van der Waals surface area contributed by atoms with Gasteiger partial charge in [0.1, 0.15) is 47.0 Å². The van der Waals surface area contributed by atoms with Crippen LogP contribution in [0.3, 0.4) is 0 Å². The fraction of sp³-hybridized carbons (Fsp3) is 0.550. The SMILES string of the molecule is COc1ccc2c(O[C@@H]3C[C@H]4C(=O)NC5(C(=O)O)CC5/C=C\CCCCC[C@@H](NC(=O)OC5CCCC5)C(=O)N4C3)cc(-c3csc(NC(C)C)n3)nc2c1. The maximum atomic E-state index is 14.5. The van der Waals surface area contributed by atoms with E-state index in [0.29, 0.717) is 46.6 Å². The van der Waals surface area contributed by atoms with E-state index in [9.17, 15) is 24.3 Å². The average molecular weight is 775 g/mol. The number of methoxy groups -OCH3 is 1. The number of anilines is 1. The molecular weight excluding hydrogens is 725 g/mol. The molecule has 15 heteroatoms. The van der Waals surface area contributed by atoms with Crippen LogP contribution in [0.1, 0.15) is 84.5 Å². The Labute approximate surface area is 324 Å². The predicted molar refractivity (Wildman–Crippen MR) is 207 cm³/mol. The fourth-order valence-electron chi connectivity index (χ4n) is 7.90. The highest BCUT2D eigenvalue weighted by atomic mass is 32.1. The Morgan fingerprint density at radius 2 is 1.84 bits per heavy atom. The number of aliphatic carboxylic acids is 1. The van der Waals surface area contributed by atoms with E-state index in [2.05, 4.69) is 16.0 Å². The maximum absolute atomic E-state index is 14.5. The fourth-order valence-corrected chi connectivity index (χ4v) is 8.75. The predicted octanol–water partition coefficient (Wildman–Crippen LogP) is 6.05. The molecule has 1 aromatic carbocycles. The van der Waals surface area contributed by atoms with Crippen molar-refractivity contribution in [1.82, 2.24) is 25.5 Å². The summed E-state index contributed by atoms with van der Waals surface area (Å²) in [7, 11) is 1.58. The lowest BCUT2D eigenvalue weighted by atomic mass is 10.0. The third-order valence-electron chi connectivity index (χ3n) is 10.9. The number of hydrogen-bond acceptors (Lipinski definition) is 11. The molecule has 1 saturated heterocycles. The minimum Gasteiger partial charge on any atom is -0.497 e. The molecule has 294 valence electrons. The summed E-state index contributed by atoms with van der Waals surface area (Å²) < 4.78 is 17.9. The summed E-state index contributed by atoms with van der Waals surface area (Å²) in [6.45, 7) is 4.11. The van der Waals surface area contributed by atoms with Crippen LogP contribution in [0.15, 0.2) is 41.8 Å². The molecule has 4 N–H and O–H groups in total. The van der Waals surface area contributed by atoms with Gasteiger partial charge >= 0.3 is 12.1 Å². The van der Waals surface area contributed by atoms with Crippen LogP contribution >= 0.6 is 11.3 Å². The van der Waals surface area contributed by atoms with Crippen LogP contribution in [0.4, 0.5) is 9.93 Å². The van der Waals surface area contributed by atoms with Crippen molar-refractivity contribution in [3.63, 3.8) is 0 Å². The molecule has 2 aliphatic heterocycles. The van der Waals surface area contributed by atoms with Gasteiger partial charge in [0.25, 0.3) is 0 Å². The number of allylic oxidation sites excluding steroid dienone is 1. The minimum atomic E-state index is -1.45. The first-order valence-corrected chi connectivity index (χ1v) is 20.3. The molecule has 3 amide bonds. The number of carboxylic acids is 1. The summed E-state index contributed by atoms with van der Waals surface area (Å²) in [5.74, 6) is -1.37. The van der Waals surface area contributed by atoms with Crippen molar-refractivity contribution < 1.29 is 38.5 Å². The Kier molecular flexibility index (Phi) is 11.5. The van der Waals surface area contributed by atoms with E-state index in [4.69, 9.17) is 24.2 Å². The Hall–Kier alpha value is -4.92. The first-order chi connectivity index (χ1) is 26.5. The second-order valence-electron chi connectivity index (χ2n) is 15.4. The maximum Gasteiger partial charge on any atom is 0.408 e. The summed E-state index contributed by atoms with van der Waals surface area (Å²) in [5.41, 5.74) is 0.394. The third kappa shape index (κ3) is 8.66. The van der Waals surface area contributed by atoms with Gasteiger partial charge in [-0.15, -0.1) is 11.3 Å². The van der Waals surface area contributed by atoms with Crippen molar-refractivity contribution in [2.45, 2.75) is 120 Å². The zero-order valence-electron chi connectivity index (χ0n) is 31.5.